The Hall–Kier alpha value is -4.87. The van der Waals surface area contributed by atoms with Crippen LogP contribution in [0.2, 0.25) is 0 Å². The molecule has 4 aromatic rings. The van der Waals surface area contributed by atoms with Gasteiger partial charge in [0.2, 0.25) is 0 Å². The van der Waals surface area contributed by atoms with Crippen LogP contribution in [0.15, 0.2) is 67.1 Å². The zero-order valence-corrected chi connectivity index (χ0v) is 20.1. The number of anilines is 4. The number of alkyl halides is 3. The van der Waals surface area contributed by atoms with Gasteiger partial charge < -0.3 is 14.8 Å². The molecule has 12 heteroatoms. The zero-order chi connectivity index (χ0) is 27.0. The molecule has 1 fully saturated rings. The lowest BCUT2D eigenvalue weighted by atomic mass is 10.1. The van der Waals surface area contributed by atoms with Crippen molar-refractivity contribution in [2.75, 3.05) is 35.9 Å². The van der Waals surface area contributed by atoms with Crippen molar-refractivity contribution in [1.29, 1.82) is 0 Å². The van der Waals surface area contributed by atoms with Crippen LogP contribution < -0.4 is 24.6 Å². The third-order valence-electron chi connectivity index (χ3n) is 5.98. The van der Waals surface area contributed by atoms with E-state index in [1.54, 1.807) is 55.8 Å². The van der Waals surface area contributed by atoms with Crippen molar-refractivity contribution in [3.63, 3.8) is 0 Å². The van der Waals surface area contributed by atoms with Gasteiger partial charge in [0, 0.05) is 35.2 Å². The predicted molar refractivity (Wildman–Crippen MR) is 134 cm³/mol. The minimum atomic E-state index is -4.63. The smallest absolute Gasteiger partial charge is 0.417 e. The van der Waals surface area contributed by atoms with Gasteiger partial charge in [0.05, 0.1) is 42.9 Å². The second-order valence-corrected chi connectivity index (χ2v) is 8.28. The van der Waals surface area contributed by atoms with E-state index in [4.69, 9.17) is 9.47 Å². The summed E-state index contributed by atoms with van der Waals surface area (Å²) in [6, 6.07) is 11.9. The molecule has 0 unspecified atom stereocenters. The third-order valence-corrected chi connectivity index (χ3v) is 5.98. The Morgan fingerprint density at radius 2 is 1.63 bits per heavy atom. The third kappa shape index (κ3) is 4.51. The Kier molecular flexibility index (Phi) is 6.23. The Labute approximate surface area is 214 Å². The molecule has 3 heterocycles. The number of benzene rings is 2. The minimum absolute atomic E-state index is 0.115. The van der Waals surface area contributed by atoms with Crippen molar-refractivity contribution in [1.82, 2.24) is 9.97 Å². The SMILES string of the molecule is COc1cc2nccc(Nc3ccc(N4C(=O)CN(c5cncc(C(F)(F)F)c5)C4=O)cc3)c2cc1OC. The van der Waals surface area contributed by atoms with Gasteiger partial charge in [0.25, 0.3) is 5.91 Å². The van der Waals surface area contributed by atoms with Crippen LogP contribution in [0.25, 0.3) is 10.9 Å². The number of hydrogen-bond donors (Lipinski definition) is 1. The number of urea groups is 1. The van der Waals surface area contributed by atoms with E-state index in [-0.39, 0.29) is 11.4 Å². The van der Waals surface area contributed by atoms with Crippen LogP contribution in [-0.2, 0) is 11.0 Å². The van der Waals surface area contributed by atoms with Gasteiger partial charge >= 0.3 is 12.2 Å². The van der Waals surface area contributed by atoms with Gasteiger partial charge in [0.15, 0.2) is 11.5 Å². The molecule has 38 heavy (non-hydrogen) atoms. The first kappa shape index (κ1) is 24.8. The summed E-state index contributed by atoms with van der Waals surface area (Å²) in [6.45, 7) is -0.407. The van der Waals surface area contributed by atoms with E-state index in [9.17, 15) is 22.8 Å². The second-order valence-electron chi connectivity index (χ2n) is 8.28. The molecule has 3 amide bonds. The Morgan fingerprint density at radius 3 is 2.32 bits per heavy atom. The highest BCUT2D eigenvalue weighted by molar-refractivity contribution is 6.27. The van der Waals surface area contributed by atoms with E-state index in [1.807, 2.05) is 0 Å². The van der Waals surface area contributed by atoms with Gasteiger partial charge in [-0.2, -0.15) is 13.2 Å². The summed E-state index contributed by atoms with van der Waals surface area (Å²) < 4.78 is 50.0. The summed E-state index contributed by atoms with van der Waals surface area (Å²) >= 11 is 0. The van der Waals surface area contributed by atoms with Gasteiger partial charge in [0.1, 0.15) is 6.54 Å². The van der Waals surface area contributed by atoms with E-state index in [0.717, 1.165) is 33.1 Å². The molecular weight excluding hydrogens is 503 g/mol. The molecule has 9 nitrogen and oxygen atoms in total. The first-order valence-corrected chi connectivity index (χ1v) is 11.2. The van der Waals surface area contributed by atoms with Crippen LogP contribution in [0, 0.1) is 0 Å². The average molecular weight is 523 g/mol. The molecule has 1 aliphatic heterocycles. The Balaban J connectivity index is 1.38. The molecule has 0 aliphatic carbocycles. The maximum Gasteiger partial charge on any atom is 0.417 e. The highest BCUT2D eigenvalue weighted by Crippen LogP contribution is 2.36. The number of imide groups is 1. The van der Waals surface area contributed by atoms with Crippen molar-refractivity contribution >= 4 is 45.6 Å². The fourth-order valence-corrected chi connectivity index (χ4v) is 4.12. The fraction of sp³-hybridized carbons (Fsp3) is 0.154. The highest BCUT2D eigenvalue weighted by Gasteiger charge is 2.39. The fourth-order valence-electron chi connectivity index (χ4n) is 4.12. The minimum Gasteiger partial charge on any atom is -0.493 e. The van der Waals surface area contributed by atoms with Crippen molar-refractivity contribution in [3.8, 4) is 11.5 Å². The van der Waals surface area contributed by atoms with Gasteiger partial charge in [-0.15, -0.1) is 0 Å². The number of carbonyl (C=O) groups excluding carboxylic acids is 2. The molecule has 0 saturated carbocycles. The monoisotopic (exact) mass is 523 g/mol. The Bertz CT molecular complexity index is 1540. The molecule has 0 atom stereocenters. The quantitative estimate of drug-likeness (QED) is 0.339. The van der Waals surface area contributed by atoms with Gasteiger partial charge in [-0.25, -0.2) is 9.69 Å². The lowest BCUT2D eigenvalue weighted by Crippen LogP contribution is -2.33. The number of aromatic nitrogens is 2. The molecule has 1 saturated heterocycles. The number of hydrogen-bond acceptors (Lipinski definition) is 7. The van der Waals surface area contributed by atoms with E-state index >= 15 is 0 Å². The molecule has 0 radical (unpaired) electrons. The van der Waals surface area contributed by atoms with Gasteiger partial charge in [-0.05, 0) is 42.5 Å². The van der Waals surface area contributed by atoms with Gasteiger partial charge in [-0.3, -0.25) is 19.7 Å². The summed E-state index contributed by atoms with van der Waals surface area (Å²) in [6.07, 6.45) is -1.21. The van der Waals surface area contributed by atoms with Crippen molar-refractivity contribution < 1.29 is 32.2 Å². The zero-order valence-electron chi connectivity index (χ0n) is 20.1. The molecule has 194 valence electrons. The largest absolute Gasteiger partial charge is 0.493 e. The number of methoxy groups -OCH3 is 2. The maximum absolute atomic E-state index is 13.1. The van der Waals surface area contributed by atoms with Crippen LogP contribution in [0.4, 0.5) is 40.7 Å². The van der Waals surface area contributed by atoms with E-state index < -0.39 is 30.2 Å². The number of carbonyl (C=O) groups is 2. The van der Waals surface area contributed by atoms with Crippen LogP contribution in [0.3, 0.4) is 0 Å². The average Bonchev–Trinajstić information content (AvgIpc) is 3.21. The van der Waals surface area contributed by atoms with E-state index in [2.05, 4.69) is 15.3 Å². The number of rotatable bonds is 6. The lowest BCUT2D eigenvalue weighted by Gasteiger charge is -2.18. The first-order chi connectivity index (χ1) is 18.2. The predicted octanol–water partition coefficient (Wildman–Crippen LogP) is 5.38. The van der Waals surface area contributed by atoms with Crippen molar-refractivity contribution in [2.24, 2.45) is 0 Å². The summed E-state index contributed by atoms with van der Waals surface area (Å²) in [5, 5.41) is 4.06. The Morgan fingerprint density at radius 1 is 0.921 bits per heavy atom. The van der Waals surface area contributed by atoms with Crippen LogP contribution in [0.1, 0.15) is 5.56 Å². The number of ether oxygens (including phenoxy) is 2. The summed E-state index contributed by atoms with van der Waals surface area (Å²) in [7, 11) is 3.08. The summed E-state index contributed by atoms with van der Waals surface area (Å²) in [4.78, 5) is 35.5. The molecular formula is C26H20F3N5O4. The molecule has 2 aromatic heterocycles. The first-order valence-electron chi connectivity index (χ1n) is 11.2. The number of pyridine rings is 2. The topological polar surface area (TPSA) is 96.9 Å². The lowest BCUT2D eigenvalue weighted by molar-refractivity contribution is -0.137. The number of amides is 3. The number of nitrogens with zero attached hydrogens (tertiary/aromatic N) is 4. The summed E-state index contributed by atoms with van der Waals surface area (Å²) in [5.74, 6) is 0.510. The van der Waals surface area contributed by atoms with Crippen LogP contribution in [-0.4, -0.2) is 42.7 Å². The van der Waals surface area contributed by atoms with Crippen molar-refractivity contribution in [2.45, 2.75) is 6.18 Å². The molecule has 1 N–H and O–H groups in total. The maximum atomic E-state index is 13.1. The van der Waals surface area contributed by atoms with E-state index in [1.165, 1.54) is 7.11 Å². The standard InChI is InChI=1S/C26H20F3N5O4/c1-37-22-10-19-20(7-8-31-21(19)11-23(22)38-2)32-16-3-5-17(6-4-16)34-24(35)14-33(25(34)36)18-9-15(12-30-13-18)26(27,28)29/h3-13H,14H2,1-2H3,(H,31,32). The molecule has 1 aliphatic rings. The normalized spacial score (nSPS) is 13.8. The second kappa shape index (κ2) is 9.54. The number of nitrogens with one attached hydrogen (secondary N) is 1. The molecule has 2 aromatic carbocycles. The number of halogens is 3. The summed E-state index contributed by atoms with van der Waals surface area (Å²) in [5.41, 5.74) is 1.23. The molecule has 0 spiro atoms. The van der Waals surface area contributed by atoms with Crippen LogP contribution >= 0.6 is 0 Å². The molecule has 5 rings (SSSR count). The number of fused-ring (bicyclic) bond motifs is 1. The highest BCUT2D eigenvalue weighted by atomic mass is 19.4. The van der Waals surface area contributed by atoms with E-state index in [0.29, 0.717) is 28.9 Å². The van der Waals surface area contributed by atoms with Gasteiger partial charge in [-0.1, -0.05) is 0 Å². The van der Waals surface area contributed by atoms with Crippen LogP contribution in [0.5, 0.6) is 11.5 Å². The van der Waals surface area contributed by atoms with Crippen molar-refractivity contribution in [3.05, 3.63) is 72.7 Å². The molecule has 0 bridgehead atoms.